The van der Waals surface area contributed by atoms with Gasteiger partial charge in [-0.05, 0) is 31.6 Å². The van der Waals surface area contributed by atoms with Gasteiger partial charge in [0.15, 0.2) is 0 Å². The largest absolute Gasteiger partial charge is 0.316 e. The van der Waals surface area contributed by atoms with E-state index in [1.807, 2.05) is 0 Å². The van der Waals surface area contributed by atoms with E-state index in [9.17, 15) is 0 Å². The van der Waals surface area contributed by atoms with Crippen LogP contribution in [0.5, 0.6) is 0 Å². The Bertz CT molecular complexity index is 89.6. The molecule has 0 spiro atoms. The SMILES string of the molecule is CCCCNCC1CCCS1. The molecule has 1 aliphatic heterocycles. The van der Waals surface area contributed by atoms with E-state index in [4.69, 9.17) is 0 Å². The smallest absolute Gasteiger partial charge is 0.0172 e. The Labute approximate surface area is 74.3 Å². The van der Waals surface area contributed by atoms with Gasteiger partial charge in [-0.2, -0.15) is 11.8 Å². The number of rotatable bonds is 5. The fourth-order valence-electron chi connectivity index (χ4n) is 1.37. The summed E-state index contributed by atoms with van der Waals surface area (Å²) in [7, 11) is 0. The van der Waals surface area contributed by atoms with Gasteiger partial charge >= 0.3 is 0 Å². The fourth-order valence-corrected chi connectivity index (χ4v) is 2.61. The van der Waals surface area contributed by atoms with Crippen molar-refractivity contribution >= 4 is 11.8 Å². The summed E-state index contributed by atoms with van der Waals surface area (Å²) >= 11 is 2.14. The van der Waals surface area contributed by atoms with E-state index in [2.05, 4.69) is 24.0 Å². The Morgan fingerprint density at radius 2 is 2.45 bits per heavy atom. The molecule has 0 aromatic rings. The van der Waals surface area contributed by atoms with Crippen molar-refractivity contribution in [1.82, 2.24) is 5.32 Å². The lowest BCUT2D eigenvalue weighted by Crippen LogP contribution is -2.23. The second kappa shape index (κ2) is 5.90. The highest BCUT2D eigenvalue weighted by Crippen LogP contribution is 2.25. The molecule has 11 heavy (non-hydrogen) atoms. The average Bonchev–Trinajstić information content (AvgIpc) is 2.50. The molecule has 1 aliphatic rings. The zero-order valence-electron chi connectivity index (χ0n) is 7.44. The van der Waals surface area contributed by atoms with Crippen LogP contribution in [0.25, 0.3) is 0 Å². The summed E-state index contributed by atoms with van der Waals surface area (Å²) in [5, 5.41) is 4.43. The molecule has 66 valence electrons. The molecule has 0 saturated carbocycles. The molecule has 1 heterocycles. The number of unbranched alkanes of at least 4 members (excludes halogenated alkanes) is 1. The monoisotopic (exact) mass is 173 g/mol. The number of hydrogen-bond donors (Lipinski definition) is 1. The Hall–Kier alpha value is 0.310. The van der Waals surface area contributed by atoms with E-state index in [0.29, 0.717) is 0 Å². The van der Waals surface area contributed by atoms with Crippen molar-refractivity contribution in [2.24, 2.45) is 0 Å². The van der Waals surface area contributed by atoms with Gasteiger partial charge in [0.1, 0.15) is 0 Å². The van der Waals surface area contributed by atoms with Crippen molar-refractivity contribution in [1.29, 1.82) is 0 Å². The molecule has 1 N–H and O–H groups in total. The summed E-state index contributed by atoms with van der Waals surface area (Å²) in [5.41, 5.74) is 0. The highest BCUT2D eigenvalue weighted by atomic mass is 32.2. The lowest BCUT2D eigenvalue weighted by atomic mass is 10.2. The van der Waals surface area contributed by atoms with E-state index in [1.54, 1.807) is 0 Å². The molecule has 0 aliphatic carbocycles. The number of hydrogen-bond acceptors (Lipinski definition) is 2. The van der Waals surface area contributed by atoms with E-state index in [0.717, 1.165) is 5.25 Å². The summed E-state index contributed by atoms with van der Waals surface area (Å²) in [6.07, 6.45) is 5.51. The molecular weight excluding hydrogens is 154 g/mol. The van der Waals surface area contributed by atoms with E-state index >= 15 is 0 Å². The first-order chi connectivity index (χ1) is 5.43. The zero-order valence-corrected chi connectivity index (χ0v) is 8.25. The summed E-state index contributed by atoms with van der Waals surface area (Å²) in [6, 6.07) is 0. The molecule has 0 aromatic carbocycles. The third-order valence-corrected chi connectivity index (χ3v) is 3.50. The van der Waals surface area contributed by atoms with Crippen LogP contribution in [0.4, 0.5) is 0 Å². The first-order valence-electron chi connectivity index (χ1n) is 4.76. The average molecular weight is 173 g/mol. The second-order valence-corrected chi connectivity index (χ2v) is 4.60. The molecule has 1 nitrogen and oxygen atoms in total. The van der Waals surface area contributed by atoms with Crippen molar-refractivity contribution in [2.75, 3.05) is 18.8 Å². The maximum Gasteiger partial charge on any atom is 0.0172 e. The molecule has 0 aromatic heterocycles. The molecule has 1 rings (SSSR count). The van der Waals surface area contributed by atoms with Gasteiger partial charge in [-0.25, -0.2) is 0 Å². The minimum Gasteiger partial charge on any atom is -0.316 e. The van der Waals surface area contributed by atoms with Crippen molar-refractivity contribution in [3.05, 3.63) is 0 Å². The first-order valence-corrected chi connectivity index (χ1v) is 5.80. The Kier molecular flexibility index (Phi) is 5.04. The maximum atomic E-state index is 3.51. The zero-order chi connectivity index (χ0) is 7.94. The molecular formula is C9H19NS. The van der Waals surface area contributed by atoms with Crippen LogP contribution in [-0.4, -0.2) is 24.1 Å². The molecule has 0 bridgehead atoms. The van der Waals surface area contributed by atoms with Gasteiger partial charge in [-0.1, -0.05) is 13.3 Å². The van der Waals surface area contributed by atoms with Crippen molar-refractivity contribution in [2.45, 2.75) is 37.9 Å². The molecule has 0 radical (unpaired) electrons. The van der Waals surface area contributed by atoms with Gasteiger partial charge in [-0.3, -0.25) is 0 Å². The van der Waals surface area contributed by atoms with E-state index < -0.39 is 0 Å². The first kappa shape index (κ1) is 9.40. The Balaban J connectivity index is 1.86. The molecule has 2 heteroatoms. The van der Waals surface area contributed by atoms with Crippen LogP contribution in [0.2, 0.25) is 0 Å². The topological polar surface area (TPSA) is 12.0 Å². The highest BCUT2D eigenvalue weighted by Gasteiger charge is 2.13. The Morgan fingerprint density at radius 3 is 3.09 bits per heavy atom. The minimum atomic E-state index is 0.923. The van der Waals surface area contributed by atoms with Crippen molar-refractivity contribution < 1.29 is 0 Å². The molecule has 1 saturated heterocycles. The lowest BCUT2D eigenvalue weighted by molar-refractivity contribution is 0.616. The van der Waals surface area contributed by atoms with Crippen molar-refractivity contribution in [3.63, 3.8) is 0 Å². The lowest BCUT2D eigenvalue weighted by Gasteiger charge is -2.08. The quantitative estimate of drug-likeness (QED) is 0.640. The third-order valence-electron chi connectivity index (χ3n) is 2.10. The van der Waals surface area contributed by atoms with Gasteiger partial charge in [-0.15, -0.1) is 0 Å². The van der Waals surface area contributed by atoms with Crippen LogP contribution in [-0.2, 0) is 0 Å². The standard InChI is InChI=1S/C9H19NS/c1-2-3-6-10-8-9-5-4-7-11-9/h9-10H,2-8H2,1H3. The fraction of sp³-hybridized carbons (Fsp3) is 1.00. The van der Waals surface area contributed by atoms with Gasteiger partial charge < -0.3 is 5.32 Å². The molecule has 1 atom stereocenters. The predicted octanol–water partition coefficient (Wildman–Crippen LogP) is 2.27. The van der Waals surface area contributed by atoms with E-state index in [1.165, 1.54) is 44.5 Å². The summed E-state index contributed by atoms with van der Waals surface area (Å²) in [6.45, 7) is 4.70. The molecule has 1 fully saturated rings. The van der Waals surface area contributed by atoms with Crippen LogP contribution >= 0.6 is 11.8 Å². The number of nitrogens with one attached hydrogen (secondary N) is 1. The second-order valence-electron chi connectivity index (χ2n) is 3.19. The minimum absolute atomic E-state index is 0.923. The summed E-state index contributed by atoms with van der Waals surface area (Å²) < 4.78 is 0. The van der Waals surface area contributed by atoms with Crippen LogP contribution in [0, 0.1) is 0 Å². The maximum absolute atomic E-state index is 3.51. The summed E-state index contributed by atoms with van der Waals surface area (Å²) in [4.78, 5) is 0. The highest BCUT2D eigenvalue weighted by molar-refractivity contribution is 8.00. The van der Waals surface area contributed by atoms with Gasteiger partial charge in [0.2, 0.25) is 0 Å². The third kappa shape index (κ3) is 4.02. The Morgan fingerprint density at radius 1 is 1.55 bits per heavy atom. The van der Waals surface area contributed by atoms with Gasteiger partial charge in [0.05, 0.1) is 0 Å². The predicted molar refractivity (Wildman–Crippen MR) is 53.3 cm³/mol. The normalized spacial score (nSPS) is 24.3. The summed E-state index contributed by atoms with van der Waals surface area (Å²) in [5.74, 6) is 1.39. The van der Waals surface area contributed by atoms with E-state index in [-0.39, 0.29) is 0 Å². The molecule has 1 unspecified atom stereocenters. The van der Waals surface area contributed by atoms with Crippen LogP contribution in [0.3, 0.4) is 0 Å². The van der Waals surface area contributed by atoms with Crippen LogP contribution in [0.1, 0.15) is 32.6 Å². The van der Waals surface area contributed by atoms with Crippen LogP contribution in [0.15, 0.2) is 0 Å². The molecule has 0 amide bonds. The van der Waals surface area contributed by atoms with Gasteiger partial charge in [0, 0.05) is 11.8 Å². The van der Waals surface area contributed by atoms with Crippen molar-refractivity contribution in [3.8, 4) is 0 Å². The number of thioether (sulfide) groups is 1. The van der Waals surface area contributed by atoms with Gasteiger partial charge in [0.25, 0.3) is 0 Å². The van der Waals surface area contributed by atoms with Crippen LogP contribution < -0.4 is 5.32 Å².